The Bertz CT molecular complexity index is 1830. The molecule has 0 saturated carbocycles. The maximum Gasteiger partial charge on any atom is 0.119 e. The number of hydrogen-bond acceptors (Lipinski definition) is 4. The molecule has 0 aliphatic heterocycles. The normalized spacial score (nSPS) is 13.4. The topological polar surface area (TPSA) is 18.5 Å². The number of fused-ring (bicyclic) bond motifs is 10. The molecular weight excluding hydrogens is 589 g/mol. The number of ether oxygens (including phenoxy) is 2. The van der Waals surface area contributed by atoms with E-state index in [1.165, 1.54) is 64.0 Å². The van der Waals surface area contributed by atoms with Crippen LogP contribution in [-0.4, -0.2) is 13.2 Å². The quantitative estimate of drug-likeness (QED) is 0.141. The number of unbranched alkanes of at least 4 members (excludes halogenated alkanes) is 2. The maximum atomic E-state index is 5.97. The van der Waals surface area contributed by atoms with Gasteiger partial charge in [0.05, 0.1) is 28.4 Å². The average Bonchev–Trinajstić information content (AvgIpc) is 3.83. The van der Waals surface area contributed by atoms with Crippen LogP contribution in [0, 0.1) is 0 Å². The zero-order valence-corrected chi connectivity index (χ0v) is 27.4. The molecule has 6 aromatic rings. The molecule has 0 saturated heterocycles. The Labute approximate surface area is 273 Å². The van der Waals surface area contributed by atoms with Gasteiger partial charge in [0.1, 0.15) is 11.5 Å². The van der Waals surface area contributed by atoms with Gasteiger partial charge in [-0.25, -0.2) is 0 Å². The summed E-state index contributed by atoms with van der Waals surface area (Å²) >= 11 is 3.85. The summed E-state index contributed by atoms with van der Waals surface area (Å²) in [6, 6.07) is 40.4. The van der Waals surface area contributed by atoms with Gasteiger partial charge in [0.15, 0.2) is 0 Å². The second kappa shape index (κ2) is 11.7. The molecule has 0 unspecified atom stereocenters. The zero-order valence-electron chi connectivity index (χ0n) is 25.8. The van der Waals surface area contributed by atoms with Gasteiger partial charge < -0.3 is 9.47 Å². The Hall–Kier alpha value is -4.12. The molecule has 0 N–H and O–H groups in total. The van der Waals surface area contributed by atoms with Gasteiger partial charge in [0.2, 0.25) is 0 Å². The summed E-state index contributed by atoms with van der Waals surface area (Å²) < 4.78 is 11.9. The molecule has 1 spiro atoms. The molecule has 2 aromatic heterocycles. The van der Waals surface area contributed by atoms with Gasteiger partial charge in [0.25, 0.3) is 0 Å². The Morgan fingerprint density at radius 3 is 1.36 bits per heavy atom. The van der Waals surface area contributed by atoms with Crippen molar-refractivity contribution in [1.29, 1.82) is 0 Å². The van der Waals surface area contributed by atoms with Crippen LogP contribution in [0.1, 0.15) is 61.8 Å². The molecule has 0 amide bonds. The molecule has 0 bridgehead atoms. The SMILES string of the molecule is CCCCOc1ccc(-c2cc3c(s2)-c2sc(-c4ccc(OCCCC)cc4)cc2C32c3ccccc3-c3ccccc32)cc1. The zero-order chi connectivity index (χ0) is 30.4. The lowest BCUT2D eigenvalue weighted by molar-refractivity contribution is 0.309. The summed E-state index contributed by atoms with van der Waals surface area (Å²) in [6.07, 6.45) is 4.43. The molecule has 0 atom stereocenters. The molecule has 2 heterocycles. The monoisotopic (exact) mass is 624 g/mol. The smallest absolute Gasteiger partial charge is 0.119 e. The first-order chi connectivity index (χ1) is 22.2. The fraction of sp³-hybridized carbons (Fsp3) is 0.220. The molecule has 45 heavy (non-hydrogen) atoms. The lowest BCUT2D eigenvalue weighted by atomic mass is 9.71. The average molecular weight is 625 g/mol. The predicted molar refractivity (Wildman–Crippen MR) is 190 cm³/mol. The van der Waals surface area contributed by atoms with Crippen molar-refractivity contribution < 1.29 is 9.47 Å². The number of benzene rings is 4. The first kappa shape index (κ1) is 28.4. The summed E-state index contributed by atoms with van der Waals surface area (Å²) in [4.78, 5) is 5.39. The highest BCUT2D eigenvalue weighted by molar-refractivity contribution is 7.25. The largest absolute Gasteiger partial charge is 0.494 e. The standard InChI is InChI=1S/C41H36O2S2/c1-3-5-23-42-29-19-15-27(16-20-29)37-25-35-39(44-37)40-36(26-38(45-40)28-17-21-30(22-18-28)43-24-6-4-2)41(35)33-13-9-7-11-31(33)32-12-8-10-14-34(32)41/h7-22,25-26H,3-6,23-24H2,1-2H3. The van der Waals surface area contributed by atoms with Gasteiger partial charge in [-0.05, 0) is 118 Å². The molecule has 2 nitrogen and oxygen atoms in total. The predicted octanol–water partition coefficient (Wildman–Crippen LogP) is 11.8. The van der Waals surface area contributed by atoms with E-state index in [2.05, 4.69) is 123 Å². The molecule has 4 heteroatoms. The van der Waals surface area contributed by atoms with Crippen molar-refractivity contribution in [3.05, 3.63) is 131 Å². The van der Waals surface area contributed by atoms with Crippen LogP contribution in [0.15, 0.2) is 109 Å². The minimum absolute atomic E-state index is 0.326. The van der Waals surface area contributed by atoms with E-state index in [1.807, 2.05) is 22.7 Å². The van der Waals surface area contributed by atoms with Gasteiger partial charge in [-0.15, -0.1) is 22.7 Å². The van der Waals surface area contributed by atoms with Gasteiger partial charge in [-0.3, -0.25) is 0 Å². The number of rotatable bonds is 10. The van der Waals surface area contributed by atoms with Crippen molar-refractivity contribution in [2.24, 2.45) is 0 Å². The Kier molecular flexibility index (Phi) is 7.35. The van der Waals surface area contributed by atoms with Crippen LogP contribution < -0.4 is 9.47 Å². The minimum atomic E-state index is -0.326. The van der Waals surface area contributed by atoms with Crippen LogP contribution in [-0.2, 0) is 5.41 Å². The first-order valence-corrected chi connectivity index (χ1v) is 17.8. The van der Waals surface area contributed by atoms with Crippen molar-refractivity contribution in [1.82, 2.24) is 0 Å². The lowest BCUT2D eigenvalue weighted by Crippen LogP contribution is -2.25. The molecule has 0 radical (unpaired) electrons. The Morgan fingerprint density at radius 2 is 0.933 bits per heavy atom. The molecule has 0 fully saturated rings. The number of hydrogen-bond donors (Lipinski definition) is 0. The molecule has 224 valence electrons. The van der Waals surface area contributed by atoms with E-state index < -0.39 is 0 Å². The van der Waals surface area contributed by atoms with Gasteiger partial charge in [-0.2, -0.15) is 0 Å². The Morgan fingerprint density at radius 1 is 0.511 bits per heavy atom. The third-order valence-corrected chi connectivity index (χ3v) is 11.8. The van der Waals surface area contributed by atoms with Crippen LogP contribution in [0.2, 0.25) is 0 Å². The van der Waals surface area contributed by atoms with Gasteiger partial charge in [0, 0.05) is 9.75 Å². The Balaban J connectivity index is 1.26. The van der Waals surface area contributed by atoms with Crippen LogP contribution in [0.5, 0.6) is 11.5 Å². The minimum Gasteiger partial charge on any atom is -0.494 e. The second-order valence-electron chi connectivity index (χ2n) is 12.0. The van der Waals surface area contributed by atoms with Crippen molar-refractivity contribution in [3.63, 3.8) is 0 Å². The molecular formula is C41H36O2S2. The molecule has 4 aromatic carbocycles. The first-order valence-electron chi connectivity index (χ1n) is 16.2. The summed E-state index contributed by atoms with van der Waals surface area (Å²) in [6.45, 7) is 5.92. The van der Waals surface area contributed by atoms with Crippen LogP contribution >= 0.6 is 22.7 Å². The van der Waals surface area contributed by atoms with Gasteiger partial charge >= 0.3 is 0 Å². The lowest BCUT2D eigenvalue weighted by Gasteiger charge is -2.29. The maximum absolute atomic E-state index is 5.97. The highest BCUT2D eigenvalue weighted by Gasteiger charge is 2.53. The van der Waals surface area contributed by atoms with E-state index >= 15 is 0 Å². The van der Waals surface area contributed by atoms with Crippen molar-refractivity contribution in [3.8, 4) is 53.3 Å². The van der Waals surface area contributed by atoms with Crippen molar-refractivity contribution in [2.45, 2.75) is 44.9 Å². The summed E-state index contributed by atoms with van der Waals surface area (Å²) in [5, 5.41) is 0. The van der Waals surface area contributed by atoms with Crippen molar-refractivity contribution in [2.75, 3.05) is 13.2 Å². The van der Waals surface area contributed by atoms with Crippen LogP contribution in [0.3, 0.4) is 0 Å². The van der Waals surface area contributed by atoms with E-state index in [1.54, 1.807) is 0 Å². The van der Waals surface area contributed by atoms with E-state index in [-0.39, 0.29) is 5.41 Å². The summed E-state index contributed by atoms with van der Waals surface area (Å²) in [5.41, 5.74) is 10.4. The van der Waals surface area contributed by atoms with E-state index in [4.69, 9.17) is 9.47 Å². The van der Waals surface area contributed by atoms with Crippen LogP contribution in [0.25, 0.3) is 41.8 Å². The van der Waals surface area contributed by atoms with Gasteiger partial charge in [-0.1, -0.05) is 75.2 Å². The highest BCUT2D eigenvalue weighted by atomic mass is 32.1. The fourth-order valence-corrected chi connectivity index (χ4v) is 9.62. The van der Waals surface area contributed by atoms with Crippen LogP contribution in [0.4, 0.5) is 0 Å². The summed E-state index contributed by atoms with van der Waals surface area (Å²) in [7, 11) is 0. The third-order valence-electron chi connectivity index (χ3n) is 9.24. The molecule has 2 aliphatic carbocycles. The van der Waals surface area contributed by atoms with E-state index in [9.17, 15) is 0 Å². The highest BCUT2D eigenvalue weighted by Crippen LogP contribution is 2.67. The third kappa shape index (κ3) is 4.57. The molecule has 8 rings (SSSR count). The van der Waals surface area contributed by atoms with E-state index in [0.717, 1.165) is 50.4 Å². The number of thiophene rings is 2. The summed E-state index contributed by atoms with van der Waals surface area (Å²) in [5.74, 6) is 1.89. The van der Waals surface area contributed by atoms with Crippen molar-refractivity contribution >= 4 is 22.7 Å². The van der Waals surface area contributed by atoms with E-state index in [0.29, 0.717) is 0 Å². The molecule has 2 aliphatic rings. The fourth-order valence-electron chi connectivity index (χ4n) is 7.02. The second-order valence-corrected chi connectivity index (χ2v) is 14.1.